The van der Waals surface area contributed by atoms with Gasteiger partial charge in [0.15, 0.2) is 0 Å². The predicted molar refractivity (Wildman–Crippen MR) is 65.1 cm³/mol. The molecule has 0 unspecified atom stereocenters. The van der Waals surface area contributed by atoms with Crippen molar-refractivity contribution >= 4 is 22.6 Å². The molecule has 0 saturated heterocycles. The van der Waals surface area contributed by atoms with Gasteiger partial charge in [-0.25, -0.2) is 0 Å². The van der Waals surface area contributed by atoms with Crippen molar-refractivity contribution in [2.45, 2.75) is 38.5 Å². The highest BCUT2D eigenvalue weighted by atomic mass is 127. The summed E-state index contributed by atoms with van der Waals surface area (Å²) in [6, 6.07) is 6.94. The summed E-state index contributed by atoms with van der Waals surface area (Å²) in [5.74, 6) is 0.834. The Kier molecular flexibility index (Phi) is 2.92. The van der Waals surface area contributed by atoms with Gasteiger partial charge < -0.3 is 0 Å². The van der Waals surface area contributed by atoms with Crippen LogP contribution in [0.4, 0.5) is 0 Å². The Morgan fingerprint density at radius 2 is 2.31 bits per heavy atom. The van der Waals surface area contributed by atoms with Gasteiger partial charge in [-0.2, -0.15) is 0 Å². The molecule has 0 radical (unpaired) electrons. The van der Waals surface area contributed by atoms with Crippen molar-refractivity contribution in [3.8, 4) is 0 Å². The maximum Gasteiger partial charge on any atom is 0.0133 e. The lowest BCUT2D eigenvalue weighted by atomic mass is 9.81. The molecule has 0 saturated carbocycles. The molecule has 0 aromatic heterocycles. The summed E-state index contributed by atoms with van der Waals surface area (Å²) in [5, 5.41) is 0. The fourth-order valence-corrected chi connectivity index (χ4v) is 2.86. The largest absolute Gasteiger partial charge is 0.0648 e. The second kappa shape index (κ2) is 3.99. The molecular weight excluding hydrogens is 271 g/mol. The topological polar surface area (TPSA) is 0 Å². The number of rotatable bonds is 1. The van der Waals surface area contributed by atoms with Crippen LogP contribution in [0, 0.1) is 3.57 Å². The summed E-state index contributed by atoms with van der Waals surface area (Å²) < 4.78 is 1.38. The van der Waals surface area contributed by atoms with Crippen LogP contribution in [-0.2, 0) is 6.42 Å². The maximum atomic E-state index is 2.41. The lowest BCUT2D eigenvalue weighted by Gasteiger charge is -2.24. The number of hydrogen-bond donors (Lipinski definition) is 0. The van der Waals surface area contributed by atoms with E-state index in [4.69, 9.17) is 0 Å². The number of halogens is 1. The minimum Gasteiger partial charge on any atom is -0.0648 e. The van der Waals surface area contributed by atoms with Gasteiger partial charge in [0.25, 0.3) is 0 Å². The van der Waals surface area contributed by atoms with Gasteiger partial charge in [-0.3, -0.25) is 0 Å². The number of fused-ring (bicyclic) bond motifs is 1. The molecule has 70 valence electrons. The smallest absolute Gasteiger partial charge is 0.0133 e. The van der Waals surface area contributed by atoms with Crippen molar-refractivity contribution in [2.75, 3.05) is 0 Å². The Hall–Kier alpha value is -0.0500. The van der Waals surface area contributed by atoms with Crippen LogP contribution in [-0.4, -0.2) is 0 Å². The average Bonchev–Trinajstić information content (AvgIpc) is 2.16. The third kappa shape index (κ3) is 1.90. The second-order valence-electron chi connectivity index (χ2n) is 3.84. The highest BCUT2D eigenvalue weighted by molar-refractivity contribution is 14.1. The zero-order valence-electron chi connectivity index (χ0n) is 8.02. The summed E-state index contributed by atoms with van der Waals surface area (Å²) in [6.07, 6.45) is 5.37. The van der Waals surface area contributed by atoms with E-state index in [0.717, 1.165) is 5.92 Å². The minimum atomic E-state index is 0.834. The van der Waals surface area contributed by atoms with Gasteiger partial charge in [0.1, 0.15) is 0 Å². The van der Waals surface area contributed by atoms with Crippen molar-refractivity contribution in [1.29, 1.82) is 0 Å². The Labute approximate surface area is 93.9 Å². The summed E-state index contributed by atoms with van der Waals surface area (Å²) in [6.45, 7) is 2.30. The molecule has 0 spiro atoms. The molecule has 0 amide bonds. The molecule has 0 heterocycles. The molecule has 1 aliphatic carbocycles. The molecule has 2 rings (SSSR count). The first kappa shape index (κ1) is 9.50. The van der Waals surface area contributed by atoms with Crippen LogP contribution >= 0.6 is 22.6 Å². The number of aryl methyl sites for hydroxylation is 1. The number of hydrogen-bond acceptors (Lipinski definition) is 0. The molecule has 1 heteroatoms. The fraction of sp³-hybridized carbons (Fsp3) is 0.500. The third-order valence-electron chi connectivity index (χ3n) is 3.04. The second-order valence-corrected chi connectivity index (χ2v) is 5.09. The van der Waals surface area contributed by atoms with Crippen molar-refractivity contribution < 1.29 is 0 Å². The first-order chi connectivity index (χ1) is 6.31. The predicted octanol–water partition coefficient (Wildman–Crippen LogP) is 4.12. The summed E-state index contributed by atoms with van der Waals surface area (Å²) in [7, 11) is 0. The van der Waals surface area contributed by atoms with E-state index in [0.29, 0.717) is 0 Å². The monoisotopic (exact) mass is 286 g/mol. The molecule has 0 bridgehead atoms. The van der Waals surface area contributed by atoms with Crippen LogP contribution < -0.4 is 0 Å². The van der Waals surface area contributed by atoms with Crippen molar-refractivity contribution in [3.63, 3.8) is 0 Å². The quantitative estimate of drug-likeness (QED) is 0.681. The lowest BCUT2D eigenvalue weighted by Crippen LogP contribution is -2.08. The molecular formula is C12H15I. The SMILES string of the molecule is CC[C@@H]1CCCc2cc(I)ccc21. The van der Waals surface area contributed by atoms with Gasteiger partial charge in [0, 0.05) is 3.57 Å². The molecule has 1 atom stereocenters. The first-order valence-corrected chi connectivity index (χ1v) is 6.17. The highest BCUT2D eigenvalue weighted by Crippen LogP contribution is 2.34. The first-order valence-electron chi connectivity index (χ1n) is 5.09. The molecule has 13 heavy (non-hydrogen) atoms. The van der Waals surface area contributed by atoms with E-state index in [9.17, 15) is 0 Å². The van der Waals surface area contributed by atoms with Gasteiger partial charge in [0.05, 0.1) is 0 Å². The van der Waals surface area contributed by atoms with E-state index >= 15 is 0 Å². The van der Waals surface area contributed by atoms with Crippen LogP contribution in [0.1, 0.15) is 43.2 Å². The standard InChI is InChI=1S/C12H15I/c1-2-9-4-3-5-10-8-11(13)6-7-12(9)10/h6-9H,2-5H2,1H3/t9-/m1/s1. The average molecular weight is 286 g/mol. The Bertz CT molecular complexity index is 304. The maximum absolute atomic E-state index is 2.41. The van der Waals surface area contributed by atoms with Crippen LogP contribution in [0.3, 0.4) is 0 Å². The van der Waals surface area contributed by atoms with E-state index in [1.807, 2.05) is 0 Å². The van der Waals surface area contributed by atoms with Gasteiger partial charge >= 0.3 is 0 Å². The molecule has 1 aromatic carbocycles. The normalized spacial score (nSPS) is 21.2. The minimum absolute atomic E-state index is 0.834. The zero-order chi connectivity index (χ0) is 9.26. The van der Waals surface area contributed by atoms with E-state index in [1.54, 1.807) is 11.1 Å². The Morgan fingerprint density at radius 1 is 1.46 bits per heavy atom. The van der Waals surface area contributed by atoms with Crippen LogP contribution in [0.5, 0.6) is 0 Å². The highest BCUT2D eigenvalue weighted by Gasteiger charge is 2.18. The summed E-state index contributed by atoms with van der Waals surface area (Å²) in [4.78, 5) is 0. The third-order valence-corrected chi connectivity index (χ3v) is 3.71. The van der Waals surface area contributed by atoms with E-state index in [-0.39, 0.29) is 0 Å². The molecule has 0 fully saturated rings. The molecule has 0 aliphatic heterocycles. The Morgan fingerprint density at radius 3 is 3.08 bits per heavy atom. The molecule has 0 N–H and O–H groups in total. The van der Waals surface area contributed by atoms with Crippen molar-refractivity contribution in [3.05, 3.63) is 32.9 Å². The Balaban J connectivity index is 2.40. The van der Waals surface area contributed by atoms with Crippen LogP contribution in [0.15, 0.2) is 18.2 Å². The van der Waals surface area contributed by atoms with E-state index in [2.05, 4.69) is 47.7 Å². The number of benzene rings is 1. The molecule has 1 aliphatic rings. The van der Waals surface area contributed by atoms with Gasteiger partial charge in [0.2, 0.25) is 0 Å². The van der Waals surface area contributed by atoms with Gasteiger partial charge in [-0.1, -0.05) is 13.0 Å². The van der Waals surface area contributed by atoms with Crippen LogP contribution in [0.2, 0.25) is 0 Å². The van der Waals surface area contributed by atoms with Gasteiger partial charge in [-0.05, 0) is 77.5 Å². The zero-order valence-corrected chi connectivity index (χ0v) is 10.2. The van der Waals surface area contributed by atoms with E-state index < -0.39 is 0 Å². The van der Waals surface area contributed by atoms with Crippen molar-refractivity contribution in [1.82, 2.24) is 0 Å². The van der Waals surface area contributed by atoms with E-state index in [1.165, 1.54) is 29.3 Å². The lowest BCUT2D eigenvalue weighted by molar-refractivity contribution is 0.540. The summed E-state index contributed by atoms with van der Waals surface area (Å²) in [5.41, 5.74) is 3.22. The summed E-state index contributed by atoms with van der Waals surface area (Å²) >= 11 is 2.41. The van der Waals surface area contributed by atoms with Crippen LogP contribution in [0.25, 0.3) is 0 Å². The van der Waals surface area contributed by atoms with Gasteiger partial charge in [-0.15, -0.1) is 0 Å². The molecule has 0 nitrogen and oxygen atoms in total. The fourth-order valence-electron chi connectivity index (χ4n) is 2.31. The van der Waals surface area contributed by atoms with Crippen molar-refractivity contribution in [2.24, 2.45) is 0 Å². The molecule has 1 aromatic rings.